The molecule has 1 fully saturated rings. The lowest BCUT2D eigenvalue weighted by Gasteiger charge is -2.38. The average Bonchev–Trinajstić information content (AvgIpc) is 3.17. The van der Waals surface area contributed by atoms with E-state index in [9.17, 15) is 18.0 Å². The second-order valence-electron chi connectivity index (χ2n) is 16.7. The quantitative estimate of drug-likeness (QED) is 0.0870. The zero-order valence-corrected chi connectivity index (χ0v) is 36.4. The molecule has 0 saturated carbocycles. The van der Waals surface area contributed by atoms with Gasteiger partial charge in [-0.1, -0.05) is 51.1 Å². The number of fused-ring (bicyclic) bond motifs is 1. The molecule has 3 N–H and O–H groups in total. The van der Waals surface area contributed by atoms with Crippen molar-refractivity contribution in [3.05, 3.63) is 107 Å². The summed E-state index contributed by atoms with van der Waals surface area (Å²) >= 11 is 0. The number of aromatic nitrogens is 1. The molecule has 1 aliphatic rings. The number of hydrogen-bond acceptors (Lipinski definition) is 10. The molecular weight excluding hydrogens is 783 g/mol. The number of methoxy groups -OCH3 is 2. The number of nitrogens with one attached hydrogen (secondary N) is 3. The number of carbonyl (C=O) groups is 2. The zero-order chi connectivity index (χ0) is 43.2. The molecule has 0 spiro atoms. The summed E-state index contributed by atoms with van der Waals surface area (Å²) in [5.41, 5.74) is 3.57. The first-order valence-corrected chi connectivity index (χ1v) is 21.8. The van der Waals surface area contributed by atoms with Gasteiger partial charge in [0.1, 0.15) is 17.2 Å². The molecule has 4 aromatic carbocycles. The van der Waals surface area contributed by atoms with Gasteiger partial charge in [0, 0.05) is 54.7 Å². The Morgan fingerprint density at radius 3 is 2.32 bits per heavy atom. The van der Waals surface area contributed by atoms with Gasteiger partial charge in [-0.05, 0) is 85.8 Å². The van der Waals surface area contributed by atoms with Crippen molar-refractivity contribution >= 4 is 49.7 Å². The SMILES string of the molecule is COc1cc(Cc2cc(Oc3ccc(NC(=O)Nc4cc(C(C)(C)C)cc(NS(C)(=O)=O)c4OC)c4ccccc34)ccn2)ccc1C(=O)CCCN1CCOC(C)(C)C1. The van der Waals surface area contributed by atoms with Crippen LogP contribution in [0.3, 0.4) is 0 Å². The van der Waals surface area contributed by atoms with E-state index in [4.69, 9.17) is 18.9 Å². The number of ether oxygens (including phenoxy) is 4. The summed E-state index contributed by atoms with van der Waals surface area (Å²) in [5.74, 6) is 1.92. The maximum absolute atomic E-state index is 13.5. The van der Waals surface area contributed by atoms with E-state index in [-0.39, 0.29) is 28.2 Å². The van der Waals surface area contributed by atoms with Gasteiger partial charge in [0.15, 0.2) is 11.5 Å². The average molecular weight is 838 g/mol. The van der Waals surface area contributed by atoms with Crippen LogP contribution in [0.25, 0.3) is 10.8 Å². The van der Waals surface area contributed by atoms with Crippen LogP contribution in [0, 0.1) is 0 Å². The number of urea groups is 1. The van der Waals surface area contributed by atoms with Crippen LogP contribution < -0.4 is 29.6 Å². The van der Waals surface area contributed by atoms with Crippen LogP contribution in [0.1, 0.15) is 74.6 Å². The van der Waals surface area contributed by atoms with Crippen LogP contribution in [-0.2, 0) is 26.6 Å². The van der Waals surface area contributed by atoms with Crippen molar-refractivity contribution in [1.82, 2.24) is 9.88 Å². The molecule has 2 amide bonds. The van der Waals surface area contributed by atoms with E-state index >= 15 is 0 Å². The lowest BCUT2D eigenvalue weighted by Crippen LogP contribution is -2.48. The lowest BCUT2D eigenvalue weighted by molar-refractivity contribution is -0.0859. The predicted molar refractivity (Wildman–Crippen MR) is 237 cm³/mol. The molecule has 2 heterocycles. The van der Waals surface area contributed by atoms with Crippen LogP contribution in [0.2, 0.25) is 0 Å². The molecule has 60 heavy (non-hydrogen) atoms. The summed E-state index contributed by atoms with van der Waals surface area (Å²) in [6.45, 7) is 13.4. The lowest BCUT2D eigenvalue weighted by atomic mass is 9.86. The standard InChI is InChI=1S/C46H55N5O8S/c1-45(2,3)31-26-38(43(57-7)39(27-31)50-60(8,54)55)49-44(53)48-37-17-18-41(35-13-10-9-12-34(35)37)59-33-19-20-47-32(28-33)24-30-15-16-36(42(25-30)56-6)40(52)14-11-21-51-22-23-58-46(4,5)29-51/h9-10,12-13,15-20,25-28,50H,11,14,21-24,29H2,1-8H3,(H2,48,49,53). The van der Waals surface area contributed by atoms with E-state index < -0.39 is 16.1 Å². The number of amides is 2. The van der Waals surface area contributed by atoms with E-state index in [1.807, 2.05) is 69.3 Å². The maximum Gasteiger partial charge on any atom is 0.323 e. The van der Waals surface area contributed by atoms with Crippen molar-refractivity contribution < 1.29 is 37.0 Å². The molecule has 0 radical (unpaired) electrons. The van der Waals surface area contributed by atoms with Crippen molar-refractivity contribution in [3.63, 3.8) is 0 Å². The van der Waals surface area contributed by atoms with Crippen LogP contribution in [0.5, 0.6) is 23.0 Å². The summed E-state index contributed by atoms with van der Waals surface area (Å²) in [6, 6.07) is 23.4. The van der Waals surface area contributed by atoms with Gasteiger partial charge in [-0.15, -0.1) is 0 Å². The Bertz CT molecular complexity index is 2480. The smallest absolute Gasteiger partial charge is 0.323 e. The Balaban J connectivity index is 1.14. The highest BCUT2D eigenvalue weighted by Crippen LogP contribution is 2.40. The van der Waals surface area contributed by atoms with Crippen LogP contribution in [0.4, 0.5) is 21.9 Å². The van der Waals surface area contributed by atoms with E-state index in [2.05, 4.69) is 39.1 Å². The molecule has 0 atom stereocenters. The first-order valence-electron chi connectivity index (χ1n) is 19.9. The van der Waals surface area contributed by atoms with Gasteiger partial charge in [-0.3, -0.25) is 19.4 Å². The number of ketones is 1. The summed E-state index contributed by atoms with van der Waals surface area (Å²) in [6.07, 6.45) is 4.43. The van der Waals surface area contributed by atoms with Gasteiger partial charge in [0.2, 0.25) is 10.0 Å². The van der Waals surface area contributed by atoms with E-state index in [0.29, 0.717) is 53.6 Å². The fourth-order valence-electron chi connectivity index (χ4n) is 7.33. The number of rotatable bonds is 15. The van der Waals surface area contributed by atoms with Crippen LogP contribution in [-0.4, -0.2) is 82.4 Å². The van der Waals surface area contributed by atoms with E-state index in [1.54, 1.807) is 43.6 Å². The van der Waals surface area contributed by atoms with Gasteiger partial charge < -0.3 is 29.6 Å². The summed E-state index contributed by atoms with van der Waals surface area (Å²) in [5, 5.41) is 7.29. The Hall–Kier alpha value is -5.70. The predicted octanol–water partition coefficient (Wildman–Crippen LogP) is 9.02. The summed E-state index contributed by atoms with van der Waals surface area (Å²) in [7, 11) is -0.649. The first-order chi connectivity index (χ1) is 28.4. The molecule has 13 nitrogen and oxygen atoms in total. The number of carbonyl (C=O) groups excluding carboxylic acids is 2. The zero-order valence-electron chi connectivity index (χ0n) is 35.6. The number of morpholine rings is 1. The van der Waals surface area contributed by atoms with Gasteiger partial charge in [0.25, 0.3) is 0 Å². The third kappa shape index (κ3) is 11.3. The summed E-state index contributed by atoms with van der Waals surface area (Å²) < 4.78 is 50.4. The van der Waals surface area contributed by atoms with Crippen molar-refractivity contribution in [2.45, 2.75) is 64.9 Å². The molecule has 6 rings (SSSR count). The van der Waals surface area contributed by atoms with E-state index in [1.165, 1.54) is 7.11 Å². The molecule has 1 saturated heterocycles. The number of anilines is 3. The number of pyridine rings is 1. The molecule has 1 aliphatic heterocycles. The Labute approximate surface area is 352 Å². The number of sulfonamides is 1. The summed E-state index contributed by atoms with van der Waals surface area (Å²) in [4.78, 5) is 33.7. The molecule has 14 heteroatoms. The third-order valence-electron chi connectivity index (χ3n) is 10.2. The van der Waals surface area contributed by atoms with Gasteiger partial charge in [-0.2, -0.15) is 0 Å². The van der Waals surface area contributed by atoms with Crippen molar-refractivity contribution in [3.8, 4) is 23.0 Å². The largest absolute Gasteiger partial charge is 0.496 e. The van der Waals surface area contributed by atoms with Crippen molar-refractivity contribution in [2.24, 2.45) is 0 Å². The van der Waals surface area contributed by atoms with Crippen molar-refractivity contribution in [1.29, 1.82) is 0 Å². The van der Waals surface area contributed by atoms with E-state index in [0.717, 1.165) is 59.9 Å². The molecule has 0 unspecified atom stereocenters. The second-order valence-corrected chi connectivity index (χ2v) is 18.4. The van der Waals surface area contributed by atoms with Gasteiger partial charge in [0.05, 0.1) is 55.3 Å². The van der Waals surface area contributed by atoms with Gasteiger partial charge in [-0.25, -0.2) is 13.2 Å². The van der Waals surface area contributed by atoms with Gasteiger partial charge >= 0.3 is 6.03 Å². The van der Waals surface area contributed by atoms with Crippen molar-refractivity contribution in [2.75, 3.05) is 62.1 Å². The third-order valence-corrected chi connectivity index (χ3v) is 10.8. The second kappa shape index (κ2) is 18.3. The van der Waals surface area contributed by atoms with Crippen LogP contribution in [0.15, 0.2) is 85.1 Å². The fraction of sp³-hybridized carbons (Fsp3) is 0.370. The maximum atomic E-state index is 13.5. The highest BCUT2D eigenvalue weighted by molar-refractivity contribution is 7.92. The molecule has 1 aromatic heterocycles. The molecular formula is C46H55N5O8S. The number of Topliss-reactive ketones (excluding diaryl/α,β-unsaturated/α-hetero) is 1. The fourth-order valence-corrected chi connectivity index (χ4v) is 7.88. The molecule has 318 valence electrons. The Morgan fingerprint density at radius 2 is 1.62 bits per heavy atom. The minimum absolute atomic E-state index is 0.0534. The Kier molecular flexibility index (Phi) is 13.4. The number of benzene rings is 4. The highest BCUT2D eigenvalue weighted by Gasteiger charge is 2.27. The Morgan fingerprint density at radius 1 is 0.883 bits per heavy atom. The topological polar surface area (TPSA) is 157 Å². The van der Waals surface area contributed by atoms with Crippen LogP contribution >= 0.6 is 0 Å². The minimum Gasteiger partial charge on any atom is -0.496 e. The first kappa shape index (κ1) is 43.9. The number of nitrogens with zero attached hydrogens (tertiary/aromatic N) is 2. The number of hydrogen-bond donors (Lipinski definition) is 3. The minimum atomic E-state index is -3.64. The monoisotopic (exact) mass is 837 g/mol. The molecule has 0 aliphatic carbocycles. The molecule has 0 bridgehead atoms. The highest BCUT2D eigenvalue weighted by atomic mass is 32.2. The normalized spacial score (nSPS) is 14.3. The molecule has 5 aromatic rings.